The Morgan fingerprint density at radius 2 is 1.93 bits per heavy atom. The minimum Gasteiger partial charge on any atom is -0.497 e. The maximum atomic E-state index is 12.3. The predicted octanol–water partition coefficient (Wildman–Crippen LogP) is 3.43. The Hall–Kier alpha value is -2.82. The molecule has 1 aliphatic carbocycles. The molecule has 0 aliphatic heterocycles. The van der Waals surface area contributed by atoms with E-state index in [2.05, 4.69) is 5.32 Å². The number of carbonyl (C=O) groups is 2. The summed E-state index contributed by atoms with van der Waals surface area (Å²) in [6.07, 6.45) is 1.23. The highest BCUT2D eigenvalue weighted by atomic mass is 16.5. The summed E-state index contributed by atoms with van der Waals surface area (Å²) in [5.74, 6) is 1.42. The molecule has 27 heavy (non-hydrogen) atoms. The molecule has 5 nitrogen and oxygen atoms in total. The molecule has 5 heteroatoms. The number of hydrogen-bond donors (Lipinski definition) is 1. The lowest BCUT2D eigenvalue weighted by Gasteiger charge is -2.13. The van der Waals surface area contributed by atoms with Crippen molar-refractivity contribution in [3.8, 4) is 11.5 Å². The highest BCUT2D eigenvalue weighted by Gasteiger charge is 2.31. The molecule has 2 aromatic rings. The van der Waals surface area contributed by atoms with Gasteiger partial charge in [0.25, 0.3) is 5.91 Å². The van der Waals surface area contributed by atoms with E-state index >= 15 is 0 Å². The van der Waals surface area contributed by atoms with E-state index in [0.717, 1.165) is 28.9 Å². The number of ketones is 1. The fourth-order valence-electron chi connectivity index (χ4n) is 3.56. The Kier molecular flexibility index (Phi) is 5.79. The number of rotatable bonds is 7. The summed E-state index contributed by atoms with van der Waals surface area (Å²) in [6, 6.07) is 11.5. The van der Waals surface area contributed by atoms with Crippen molar-refractivity contribution in [2.45, 2.75) is 32.6 Å². The lowest BCUT2D eigenvalue weighted by molar-refractivity contribution is -0.123. The van der Waals surface area contributed by atoms with E-state index in [1.165, 1.54) is 0 Å². The second-order valence-corrected chi connectivity index (χ2v) is 6.93. The van der Waals surface area contributed by atoms with Gasteiger partial charge in [-0.15, -0.1) is 0 Å². The maximum absolute atomic E-state index is 12.3. The van der Waals surface area contributed by atoms with Gasteiger partial charge < -0.3 is 14.8 Å². The van der Waals surface area contributed by atoms with E-state index in [9.17, 15) is 9.59 Å². The molecule has 142 valence electrons. The van der Waals surface area contributed by atoms with Crippen molar-refractivity contribution < 1.29 is 19.1 Å². The fourth-order valence-corrected chi connectivity index (χ4v) is 3.56. The first kappa shape index (κ1) is 19.0. The molecule has 0 aromatic heterocycles. The Balaban J connectivity index is 1.52. The molecule has 1 atom stereocenters. The lowest BCUT2D eigenvalue weighted by atomic mass is 9.97. The average molecular weight is 367 g/mol. The van der Waals surface area contributed by atoms with Crippen molar-refractivity contribution in [3.63, 3.8) is 0 Å². The van der Waals surface area contributed by atoms with Crippen LogP contribution in [0.5, 0.6) is 11.5 Å². The molecule has 0 fully saturated rings. The van der Waals surface area contributed by atoms with Crippen LogP contribution in [0.3, 0.4) is 0 Å². The summed E-state index contributed by atoms with van der Waals surface area (Å²) >= 11 is 0. The van der Waals surface area contributed by atoms with E-state index < -0.39 is 0 Å². The maximum Gasteiger partial charge on any atom is 0.257 e. The molecular formula is C22H25NO4. The van der Waals surface area contributed by atoms with Crippen LogP contribution in [-0.4, -0.2) is 32.0 Å². The van der Waals surface area contributed by atoms with Gasteiger partial charge in [0.05, 0.1) is 12.7 Å². The first-order valence-electron chi connectivity index (χ1n) is 9.18. The number of aryl methyl sites for hydroxylation is 1. The van der Waals surface area contributed by atoms with Crippen LogP contribution in [0.4, 0.5) is 0 Å². The smallest absolute Gasteiger partial charge is 0.257 e. The first-order chi connectivity index (χ1) is 13.0. The Morgan fingerprint density at radius 3 is 2.63 bits per heavy atom. The Morgan fingerprint density at radius 1 is 1.19 bits per heavy atom. The number of ether oxygens (including phenoxy) is 2. The molecule has 1 amide bonds. The van der Waals surface area contributed by atoms with Gasteiger partial charge in [-0.1, -0.05) is 25.1 Å². The Labute approximate surface area is 159 Å². The number of benzene rings is 2. The molecule has 1 N–H and O–H groups in total. The molecule has 0 saturated carbocycles. The lowest BCUT2D eigenvalue weighted by Crippen LogP contribution is -2.30. The fraction of sp³-hybridized carbons (Fsp3) is 0.364. The number of methoxy groups -OCH3 is 1. The summed E-state index contributed by atoms with van der Waals surface area (Å²) in [4.78, 5) is 24.4. The first-order valence-corrected chi connectivity index (χ1v) is 9.18. The third-order valence-corrected chi connectivity index (χ3v) is 4.94. The van der Waals surface area contributed by atoms with Gasteiger partial charge in [-0.05, 0) is 54.2 Å². The molecule has 0 spiro atoms. The van der Waals surface area contributed by atoms with E-state index in [-0.39, 0.29) is 24.2 Å². The van der Waals surface area contributed by atoms with E-state index in [1.807, 2.05) is 44.2 Å². The molecule has 1 unspecified atom stereocenters. The second kappa shape index (κ2) is 8.25. The van der Waals surface area contributed by atoms with Crippen molar-refractivity contribution in [1.29, 1.82) is 0 Å². The zero-order chi connectivity index (χ0) is 19.4. The quantitative estimate of drug-likeness (QED) is 0.814. The third-order valence-electron chi connectivity index (χ3n) is 4.94. The van der Waals surface area contributed by atoms with E-state index in [1.54, 1.807) is 13.2 Å². The van der Waals surface area contributed by atoms with Crippen molar-refractivity contribution in [1.82, 2.24) is 5.32 Å². The second-order valence-electron chi connectivity index (χ2n) is 6.93. The van der Waals surface area contributed by atoms with Crippen LogP contribution in [-0.2, 0) is 11.2 Å². The molecule has 3 rings (SSSR count). The number of hydrogen-bond acceptors (Lipinski definition) is 4. The number of nitrogens with one attached hydrogen (secondary N) is 1. The van der Waals surface area contributed by atoms with Crippen molar-refractivity contribution in [2.24, 2.45) is 0 Å². The highest BCUT2D eigenvalue weighted by molar-refractivity contribution is 6.04. The third kappa shape index (κ3) is 4.30. The number of amides is 1. The summed E-state index contributed by atoms with van der Waals surface area (Å²) in [6.45, 7) is 4.48. The van der Waals surface area contributed by atoms with Gasteiger partial charge in [0.1, 0.15) is 11.5 Å². The summed E-state index contributed by atoms with van der Waals surface area (Å²) in [7, 11) is 1.63. The van der Waals surface area contributed by atoms with Crippen molar-refractivity contribution in [2.75, 3.05) is 20.3 Å². The van der Waals surface area contributed by atoms with Crippen LogP contribution >= 0.6 is 0 Å². The summed E-state index contributed by atoms with van der Waals surface area (Å²) in [5, 5.41) is 2.85. The van der Waals surface area contributed by atoms with Crippen LogP contribution in [0.2, 0.25) is 0 Å². The van der Waals surface area contributed by atoms with Crippen LogP contribution in [0, 0.1) is 6.92 Å². The van der Waals surface area contributed by atoms with Crippen LogP contribution in [0.1, 0.15) is 46.3 Å². The molecule has 1 aliphatic rings. The number of fused-ring (bicyclic) bond motifs is 1. The largest absolute Gasteiger partial charge is 0.497 e. The molecule has 0 bridgehead atoms. The minimum atomic E-state index is -0.198. The van der Waals surface area contributed by atoms with E-state index in [0.29, 0.717) is 24.3 Å². The summed E-state index contributed by atoms with van der Waals surface area (Å²) in [5.41, 5.74) is 3.92. The summed E-state index contributed by atoms with van der Waals surface area (Å²) < 4.78 is 10.8. The highest BCUT2D eigenvalue weighted by Crippen LogP contribution is 2.40. The van der Waals surface area contributed by atoms with Crippen LogP contribution < -0.4 is 14.8 Å². The normalized spacial score (nSPS) is 15.4. The topological polar surface area (TPSA) is 64.6 Å². The van der Waals surface area contributed by atoms with Gasteiger partial charge in [-0.25, -0.2) is 0 Å². The average Bonchev–Trinajstić information content (AvgIpc) is 2.97. The van der Waals surface area contributed by atoms with Gasteiger partial charge in [-0.2, -0.15) is 0 Å². The number of Topliss-reactive ketones (excluding diaryl/α,β-unsaturated/α-hetero) is 1. The van der Waals surface area contributed by atoms with Crippen molar-refractivity contribution >= 4 is 11.7 Å². The minimum absolute atomic E-state index is 0.0936. The zero-order valence-electron chi connectivity index (χ0n) is 16.0. The van der Waals surface area contributed by atoms with Crippen LogP contribution in [0.15, 0.2) is 36.4 Å². The molecule has 0 heterocycles. The molecule has 0 radical (unpaired) electrons. The van der Waals surface area contributed by atoms with Gasteiger partial charge in [0.15, 0.2) is 12.4 Å². The SMILES string of the molecule is COc1ccc(CCNC(=O)COc2ccc(C)c3c2C(=O)CC3C)cc1. The number of carbonyl (C=O) groups excluding carboxylic acids is 2. The van der Waals surface area contributed by atoms with Crippen molar-refractivity contribution in [3.05, 3.63) is 58.7 Å². The van der Waals surface area contributed by atoms with E-state index in [4.69, 9.17) is 9.47 Å². The predicted molar refractivity (Wildman–Crippen MR) is 104 cm³/mol. The van der Waals surface area contributed by atoms with Gasteiger partial charge >= 0.3 is 0 Å². The molecule has 0 saturated heterocycles. The Bertz CT molecular complexity index is 842. The molecule has 2 aromatic carbocycles. The molecular weight excluding hydrogens is 342 g/mol. The zero-order valence-corrected chi connectivity index (χ0v) is 16.0. The van der Waals surface area contributed by atoms with Gasteiger partial charge in [0.2, 0.25) is 0 Å². The monoisotopic (exact) mass is 367 g/mol. The van der Waals surface area contributed by atoms with Crippen LogP contribution in [0.25, 0.3) is 0 Å². The van der Waals surface area contributed by atoms with Gasteiger partial charge in [0, 0.05) is 13.0 Å². The van der Waals surface area contributed by atoms with Gasteiger partial charge in [-0.3, -0.25) is 9.59 Å². The standard InChI is InChI=1S/C22H25NO4/c1-14-4-9-19(22-18(24)12-15(2)21(14)22)27-13-20(25)23-11-10-16-5-7-17(26-3)8-6-16/h4-9,15H,10-13H2,1-3H3,(H,23,25).